The lowest BCUT2D eigenvalue weighted by Gasteiger charge is -2.18. The van der Waals surface area contributed by atoms with Crippen molar-refractivity contribution < 1.29 is 28.6 Å². The highest BCUT2D eigenvalue weighted by Crippen LogP contribution is 2.16. The molecule has 0 fully saturated rings. The van der Waals surface area contributed by atoms with E-state index in [1.165, 1.54) is 154 Å². The first-order chi connectivity index (χ1) is 40.0. The fraction of sp³-hybridized carbons (Fsp3) is 0.693. The van der Waals surface area contributed by atoms with Gasteiger partial charge in [-0.05, 0) is 128 Å². The molecule has 0 aromatic carbocycles. The van der Waals surface area contributed by atoms with Gasteiger partial charge in [0.1, 0.15) is 13.2 Å². The fourth-order valence-electron chi connectivity index (χ4n) is 9.32. The zero-order chi connectivity index (χ0) is 58.5. The van der Waals surface area contributed by atoms with Gasteiger partial charge in [0.05, 0.1) is 0 Å². The molecule has 0 rings (SSSR count). The van der Waals surface area contributed by atoms with Crippen molar-refractivity contribution in [1.29, 1.82) is 0 Å². The first kappa shape index (κ1) is 76.8. The van der Waals surface area contributed by atoms with Crippen molar-refractivity contribution in [2.45, 2.75) is 322 Å². The predicted molar refractivity (Wildman–Crippen MR) is 353 cm³/mol. The summed E-state index contributed by atoms with van der Waals surface area (Å²) in [6, 6.07) is 0. The predicted octanol–water partition coefficient (Wildman–Crippen LogP) is 23.6. The number of hydrogen-bond donors (Lipinski definition) is 0. The van der Waals surface area contributed by atoms with Crippen LogP contribution in [0.3, 0.4) is 0 Å². The number of hydrogen-bond acceptors (Lipinski definition) is 6. The number of unbranched alkanes of at least 4 members (excludes halogenated alkanes) is 30. The lowest BCUT2D eigenvalue weighted by Crippen LogP contribution is -2.30. The van der Waals surface area contributed by atoms with Gasteiger partial charge in [0.25, 0.3) is 0 Å². The van der Waals surface area contributed by atoms with E-state index in [0.717, 1.165) is 122 Å². The summed E-state index contributed by atoms with van der Waals surface area (Å²) >= 11 is 0. The van der Waals surface area contributed by atoms with E-state index in [9.17, 15) is 14.4 Å². The quantitative estimate of drug-likeness (QED) is 0.0261. The Morgan fingerprint density at radius 1 is 0.259 bits per heavy atom. The molecule has 0 aromatic rings. The smallest absolute Gasteiger partial charge is 0.306 e. The molecule has 0 aliphatic carbocycles. The number of carbonyl (C=O) groups is 3. The molecule has 0 saturated heterocycles. The van der Waals surface area contributed by atoms with Crippen LogP contribution in [-0.2, 0) is 28.6 Å². The molecule has 462 valence electrons. The third kappa shape index (κ3) is 66.5. The second-order valence-corrected chi connectivity index (χ2v) is 22.3. The standard InChI is InChI=1S/C75H126O6/c1-4-7-10-13-16-19-22-24-26-28-30-32-34-35-36-37-38-39-41-42-44-46-48-50-53-56-59-62-65-68-74(77)80-71-72(70-79-73(76)67-64-61-58-55-52-21-18-15-12-9-6-3)81-75(78)69-66-63-60-57-54-51-49-47-45-43-40-33-31-29-27-25-23-20-17-14-11-8-5-2/h7,10,15-16,18-19,23-26,29-32,35-36,38-39,42,44,72H,4-6,8-9,11-14,17,20-22,27-28,33-34,37,40-41,43,45-71H2,1-3H3/b10-7-,18-15-,19-16-,25-23-,26-24-,31-29-,32-30-,36-35-,39-38-,44-42-. The maximum absolute atomic E-state index is 12.9. The molecule has 0 saturated carbocycles. The minimum Gasteiger partial charge on any atom is -0.462 e. The van der Waals surface area contributed by atoms with Crippen molar-refractivity contribution in [3.8, 4) is 0 Å². The average Bonchev–Trinajstić information content (AvgIpc) is 3.47. The Hall–Kier alpha value is -4.19. The van der Waals surface area contributed by atoms with Crippen molar-refractivity contribution in [1.82, 2.24) is 0 Å². The summed E-state index contributed by atoms with van der Waals surface area (Å²) in [4.78, 5) is 38.3. The summed E-state index contributed by atoms with van der Waals surface area (Å²) < 4.78 is 16.9. The molecule has 0 N–H and O–H groups in total. The average molecular weight is 1120 g/mol. The SMILES string of the molecule is CC/C=C\C/C=C\C/C=C\C/C=C\C/C=C\C/C=C\C/C=C\CCCCCCCCCC(=O)OCC(COC(=O)CCCCCCC/C=C\CCCC)OC(=O)CCCCCCCCCCCCC/C=C\C/C=C\CCCCCCC. The number of rotatable bonds is 61. The molecule has 81 heavy (non-hydrogen) atoms. The van der Waals surface area contributed by atoms with Gasteiger partial charge in [-0.25, -0.2) is 0 Å². The maximum atomic E-state index is 12.9. The van der Waals surface area contributed by atoms with Gasteiger partial charge in [0.15, 0.2) is 6.10 Å². The zero-order valence-corrected chi connectivity index (χ0v) is 53.0. The van der Waals surface area contributed by atoms with Gasteiger partial charge >= 0.3 is 17.9 Å². The minimum absolute atomic E-state index is 0.0875. The highest BCUT2D eigenvalue weighted by Gasteiger charge is 2.19. The van der Waals surface area contributed by atoms with Gasteiger partial charge in [0.2, 0.25) is 0 Å². The monoisotopic (exact) mass is 1120 g/mol. The van der Waals surface area contributed by atoms with Crippen LogP contribution in [0.1, 0.15) is 316 Å². The maximum Gasteiger partial charge on any atom is 0.306 e. The van der Waals surface area contributed by atoms with Crippen molar-refractivity contribution in [2.75, 3.05) is 13.2 Å². The summed E-state index contributed by atoms with van der Waals surface area (Å²) in [5.41, 5.74) is 0. The largest absolute Gasteiger partial charge is 0.462 e. The molecule has 6 heteroatoms. The molecule has 0 radical (unpaired) electrons. The van der Waals surface area contributed by atoms with Crippen LogP contribution < -0.4 is 0 Å². The Balaban J connectivity index is 4.30. The Kier molecular flexibility index (Phi) is 64.8. The minimum atomic E-state index is -0.791. The lowest BCUT2D eigenvalue weighted by molar-refractivity contribution is -0.167. The molecule has 6 nitrogen and oxygen atoms in total. The second kappa shape index (κ2) is 68.3. The summed E-state index contributed by atoms with van der Waals surface area (Å²) in [5.74, 6) is -0.903. The Labute approximate surface area is 501 Å². The summed E-state index contributed by atoms with van der Waals surface area (Å²) in [5, 5.41) is 0. The van der Waals surface area contributed by atoms with Gasteiger partial charge in [-0.3, -0.25) is 14.4 Å². The normalized spacial score (nSPS) is 12.9. The van der Waals surface area contributed by atoms with Gasteiger partial charge in [-0.2, -0.15) is 0 Å². The van der Waals surface area contributed by atoms with Gasteiger partial charge in [-0.1, -0.05) is 290 Å². The van der Waals surface area contributed by atoms with Crippen LogP contribution in [0, 0.1) is 0 Å². The fourth-order valence-corrected chi connectivity index (χ4v) is 9.32. The zero-order valence-electron chi connectivity index (χ0n) is 53.0. The molecular weight excluding hydrogens is 997 g/mol. The van der Waals surface area contributed by atoms with Crippen molar-refractivity contribution in [3.63, 3.8) is 0 Å². The van der Waals surface area contributed by atoms with E-state index in [0.29, 0.717) is 19.3 Å². The molecule has 0 heterocycles. The van der Waals surface area contributed by atoms with E-state index in [1.807, 2.05) is 0 Å². The van der Waals surface area contributed by atoms with E-state index in [-0.39, 0.29) is 31.1 Å². The van der Waals surface area contributed by atoms with E-state index < -0.39 is 6.10 Å². The third-order valence-electron chi connectivity index (χ3n) is 14.4. The van der Waals surface area contributed by atoms with Crippen molar-refractivity contribution >= 4 is 17.9 Å². The Morgan fingerprint density at radius 2 is 0.494 bits per heavy atom. The van der Waals surface area contributed by atoms with Crippen molar-refractivity contribution in [3.05, 3.63) is 122 Å². The van der Waals surface area contributed by atoms with Crippen LogP contribution in [-0.4, -0.2) is 37.2 Å². The molecule has 0 spiro atoms. The Bertz CT molecular complexity index is 1670. The first-order valence-electron chi connectivity index (χ1n) is 34.0. The third-order valence-corrected chi connectivity index (χ3v) is 14.4. The second-order valence-electron chi connectivity index (χ2n) is 22.3. The van der Waals surface area contributed by atoms with Crippen LogP contribution >= 0.6 is 0 Å². The Morgan fingerprint density at radius 3 is 0.802 bits per heavy atom. The number of allylic oxidation sites excluding steroid dienone is 20. The highest BCUT2D eigenvalue weighted by atomic mass is 16.6. The molecule has 0 aliphatic heterocycles. The topological polar surface area (TPSA) is 78.9 Å². The first-order valence-corrected chi connectivity index (χ1v) is 34.0. The molecule has 1 atom stereocenters. The lowest BCUT2D eigenvalue weighted by atomic mass is 10.0. The van der Waals surface area contributed by atoms with E-state index in [4.69, 9.17) is 14.2 Å². The number of esters is 3. The molecule has 0 amide bonds. The van der Waals surface area contributed by atoms with Crippen LogP contribution in [0.2, 0.25) is 0 Å². The van der Waals surface area contributed by atoms with Crippen LogP contribution in [0.5, 0.6) is 0 Å². The summed E-state index contributed by atoms with van der Waals surface area (Å²) in [6.07, 6.45) is 95.0. The molecule has 0 aromatic heterocycles. The summed E-state index contributed by atoms with van der Waals surface area (Å²) in [6.45, 7) is 6.48. The van der Waals surface area contributed by atoms with Crippen LogP contribution in [0.15, 0.2) is 122 Å². The number of ether oxygens (including phenoxy) is 3. The van der Waals surface area contributed by atoms with E-state index in [1.54, 1.807) is 0 Å². The van der Waals surface area contributed by atoms with Gasteiger partial charge in [-0.15, -0.1) is 0 Å². The molecule has 0 bridgehead atoms. The number of carbonyl (C=O) groups excluding carboxylic acids is 3. The van der Waals surface area contributed by atoms with E-state index >= 15 is 0 Å². The van der Waals surface area contributed by atoms with Crippen molar-refractivity contribution in [2.24, 2.45) is 0 Å². The molecule has 1 unspecified atom stereocenters. The van der Waals surface area contributed by atoms with Gasteiger partial charge < -0.3 is 14.2 Å². The highest BCUT2D eigenvalue weighted by molar-refractivity contribution is 5.71. The van der Waals surface area contributed by atoms with Crippen LogP contribution in [0.25, 0.3) is 0 Å². The van der Waals surface area contributed by atoms with Gasteiger partial charge in [0, 0.05) is 19.3 Å². The molecule has 0 aliphatic rings. The van der Waals surface area contributed by atoms with Crippen LogP contribution in [0.4, 0.5) is 0 Å². The molecular formula is C75H126O6. The van der Waals surface area contributed by atoms with E-state index in [2.05, 4.69) is 142 Å². The summed E-state index contributed by atoms with van der Waals surface area (Å²) in [7, 11) is 0.